The van der Waals surface area contributed by atoms with Gasteiger partial charge in [-0.2, -0.15) is 0 Å². The van der Waals surface area contributed by atoms with E-state index in [0.29, 0.717) is 5.57 Å². The minimum atomic E-state index is -0.510. The molecule has 1 heterocycles. The number of carbonyl (C=O) groups is 2. The van der Waals surface area contributed by atoms with E-state index < -0.39 is 5.92 Å². The molecule has 0 aromatic heterocycles. The Morgan fingerprint density at radius 2 is 1.79 bits per heavy atom. The van der Waals surface area contributed by atoms with Crippen molar-refractivity contribution in [3.63, 3.8) is 0 Å². The molecule has 0 bridgehead atoms. The Bertz CT molecular complexity index is 409. The summed E-state index contributed by atoms with van der Waals surface area (Å²) in [4.78, 5) is 22.5. The lowest BCUT2D eigenvalue weighted by molar-refractivity contribution is -0.124. The second-order valence-electron chi connectivity index (χ2n) is 3.19. The van der Waals surface area contributed by atoms with Crippen LogP contribution in [-0.2, 0) is 9.59 Å². The first-order chi connectivity index (χ1) is 6.70. The molecule has 3 heteroatoms. The van der Waals surface area contributed by atoms with Crippen LogP contribution in [0.25, 0.3) is 0 Å². The summed E-state index contributed by atoms with van der Waals surface area (Å²) in [5.74, 6) is -1.17. The van der Waals surface area contributed by atoms with Crippen LogP contribution < -0.4 is 5.32 Å². The molecule has 1 saturated heterocycles. The van der Waals surface area contributed by atoms with Crippen molar-refractivity contribution in [2.75, 3.05) is 0 Å². The van der Waals surface area contributed by atoms with Crippen molar-refractivity contribution in [3.8, 4) is 0 Å². The summed E-state index contributed by atoms with van der Waals surface area (Å²) in [6, 6.07) is 9.15. The predicted molar refractivity (Wildman–Crippen MR) is 51.5 cm³/mol. The molecule has 70 valence electrons. The van der Waals surface area contributed by atoms with Crippen LogP contribution in [0, 0.1) is 0 Å². The van der Waals surface area contributed by atoms with E-state index >= 15 is 0 Å². The molecule has 2 amide bonds. The highest BCUT2D eigenvalue weighted by molar-refractivity contribution is 6.17. The molecular formula is C11H9NO2. The SMILES string of the molecule is C=C1C(=O)NC(=O)C1c1ccccc1. The fourth-order valence-corrected chi connectivity index (χ4v) is 1.55. The third-order valence-corrected chi connectivity index (χ3v) is 2.27. The van der Waals surface area contributed by atoms with Crippen LogP contribution in [-0.4, -0.2) is 11.8 Å². The predicted octanol–water partition coefficient (Wildman–Crippen LogP) is 0.983. The quantitative estimate of drug-likeness (QED) is 0.526. The van der Waals surface area contributed by atoms with E-state index in [1.165, 1.54) is 0 Å². The van der Waals surface area contributed by atoms with E-state index in [-0.39, 0.29) is 11.8 Å². The summed E-state index contributed by atoms with van der Waals surface area (Å²) >= 11 is 0. The van der Waals surface area contributed by atoms with Gasteiger partial charge in [-0.15, -0.1) is 0 Å². The maximum absolute atomic E-state index is 11.4. The first-order valence-electron chi connectivity index (χ1n) is 4.29. The van der Waals surface area contributed by atoms with Crippen LogP contribution in [0.5, 0.6) is 0 Å². The second-order valence-corrected chi connectivity index (χ2v) is 3.19. The zero-order valence-corrected chi connectivity index (χ0v) is 7.49. The van der Waals surface area contributed by atoms with Gasteiger partial charge in [-0.1, -0.05) is 36.9 Å². The zero-order chi connectivity index (χ0) is 10.1. The zero-order valence-electron chi connectivity index (χ0n) is 7.49. The molecule has 2 rings (SSSR count). The van der Waals surface area contributed by atoms with Crippen molar-refractivity contribution >= 4 is 11.8 Å². The molecule has 0 aliphatic carbocycles. The molecule has 0 saturated carbocycles. The Labute approximate surface area is 81.4 Å². The monoisotopic (exact) mass is 187 g/mol. The molecule has 3 nitrogen and oxygen atoms in total. The van der Waals surface area contributed by atoms with Crippen molar-refractivity contribution in [1.29, 1.82) is 0 Å². The molecule has 14 heavy (non-hydrogen) atoms. The van der Waals surface area contributed by atoms with Gasteiger partial charge in [0.2, 0.25) is 5.91 Å². The maximum atomic E-state index is 11.4. The fourth-order valence-electron chi connectivity index (χ4n) is 1.55. The summed E-state index contributed by atoms with van der Waals surface area (Å²) in [7, 11) is 0. The number of imide groups is 1. The molecule has 1 atom stereocenters. The average molecular weight is 187 g/mol. The topological polar surface area (TPSA) is 46.2 Å². The lowest BCUT2D eigenvalue weighted by atomic mass is 9.94. The molecule has 0 spiro atoms. The number of carbonyl (C=O) groups excluding carboxylic acids is 2. The summed E-state index contributed by atoms with van der Waals surface area (Å²) in [6.45, 7) is 3.61. The van der Waals surface area contributed by atoms with E-state index in [0.717, 1.165) is 5.56 Å². The number of nitrogens with one attached hydrogen (secondary N) is 1. The summed E-state index contributed by atoms with van der Waals surface area (Å²) < 4.78 is 0. The molecule has 1 aromatic rings. The first kappa shape index (κ1) is 8.69. The van der Waals surface area contributed by atoms with Crippen molar-refractivity contribution in [2.45, 2.75) is 5.92 Å². The van der Waals surface area contributed by atoms with Gasteiger partial charge < -0.3 is 0 Å². The minimum Gasteiger partial charge on any atom is -0.292 e. The Balaban J connectivity index is 2.41. The Kier molecular flexibility index (Phi) is 1.93. The third kappa shape index (κ3) is 1.23. The Morgan fingerprint density at radius 3 is 2.29 bits per heavy atom. The molecule has 1 unspecified atom stereocenters. The van der Waals surface area contributed by atoms with Gasteiger partial charge in [0.25, 0.3) is 5.91 Å². The van der Waals surface area contributed by atoms with Crippen molar-refractivity contribution in [3.05, 3.63) is 48.0 Å². The van der Waals surface area contributed by atoms with E-state index in [1.807, 2.05) is 30.3 Å². The smallest absolute Gasteiger partial charge is 0.254 e. The van der Waals surface area contributed by atoms with Crippen LogP contribution in [0.3, 0.4) is 0 Å². The van der Waals surface area contributed by atoms with Gasteiger partial charge in [0, 0.05) is 5.57 Å². The summed E-state index contributed by atoms with van der Waals surface area (Å²) in [6.07, 6.45) is 0. The number of amides is 2. The normalized spacial score (nSPS) is 21.1. The summed E-state index contributed by atoms with van der Waals surface area (Å²) in [5, 5.41) is 2.24. The number of rotatable bonds is 1. The molecule has 1 aliphatic rings. The minimum absolute atomic E-state index is 0.286. The molecule has 1 aliphatic heterocycles. The van der Waals surface area contributed by atoms with Gasteiger partial charge in [0.1, 0.15) is 0 Å². The summed E-state index contributed by atoms with van der Waals surface area (Å²) in [5.41, 5.74) is 1.13. The van der Waals surface area contributed by atoms with Crippen molar-refractivity contribution < 1.29 is 9.59 Å². The van der Waals surface area contributed by atoms with Gasteiger partial charge in [-0.25, -0.2) is 0 Å². The Morgan fingerprint density at radius 1 is 1.14 bits per heavy atom. The number of hydrogen-bond acceptors (Lipinski definition) is 2. The van der Waals surface area contributed by atoms with E-state index in [4.69, 9.17) is 0 Å². The Hall–Kier alpha value is -1.90. The second kappa shape index (κ2) is 3.10. The number of benzene rings is 1. The van der Waals surface area contributed by atoms with Crippen LogP contribution in [0.4, 0.5) is 0 Å². The van der Waals surface area contributed by atoms with E-state index in [2.05, 4.69) is 11.9 Å². The highest BCUT2D eigenvalue weighted by Crippen LogP contribution is 2.27. The molecule has 1 N–H and O–H groups in total. The fraction of sp³-hybridized carbons (Fsp3) is 0.0909. The molecular weight excluding hydrogens is 178 g/mol. The van der Waals surface area contributed by atoms with E-state index in [9.17, 15) is 9.59 Å². The average Bonchev–Trinajstić information content (AvgIpc) is 2.43. The van der Waals surface area contributed by atoms with Crippen LogP contribution in [0.1, 0.15) is 11.5 Å². The van der Waals surface area contributed by atoms with Gasteiger partial charge in [-0.3, -0.25) is 14.9 Å². The molecule has 0 radical (unpaired) electrons. The van der Waals surface area contributed by atoms with Gasteiger partial charge in [0.05, 0.1) is 5.92 Å². The van der Waals surface area contributed by atoms with Crippen molar-refractivity contribution in [1.82, 2.24) is 5.32 Å². The standard InChI is InChI=1S/C11H9NO2/c1-7-9(11(14)12-10(7)13)8-5-3-2-4-6-8/h2-6,9H,1H2,(H,12,13,14). The highest BCUT2D eigenvalue weighted by atomic mass is 16.2. The van der Waals surface area contributed by atoms with Crippen LogP contribution in [0.2, 0.25) is 0 Å². The number of hydrogen-bond donors (Lipinski definition) is 1. The van der Waals surface area contributed by atoms with Crippen LogP contribution >= 0.6 is 0 Å². The highest BCUT2D eigenvalue weighted by Gasteiger charge is 2.35. The molecule has 1 fully saturated rings. The lowest BCUT2D eigenvalue weighted by Gasteiger charge is -2.06. The lowest BCUT2D eigenvalue weighted by Crippen LogP contribution is -2.21. The van der Waals surface area contributed by atoms with Gasteiger partial charge >= 0.3 is 0 Å². The first-order valence-corrected chi connectivity index (χ1v) is 4.29. The largest absolute Gasteiger partial charge is 0.292 e. The maximum Gasteiger partial charge on any atom is 0.254 e. The van der Waals surface area contributed by atoms with Gasteiger partial charge in [-0.05, 0) is 5.56 Å². The van der Waals surface area contributed by atoms with Crippen LogP contribution in [0.15, 0.2) is 42.5 Å². The third-order valence-electron chi connectivity index (χ3n) is 2.27. The van der Waals surface area contributed by atoms with Crippen molar-refractivity contribution in [2.24, 2.45) is 0 Å². The van der Waals surface area contributed by atoms with Gasteiger partial charge in [0.15, 0.2) is 0 Å². The van der Waals surface area contributed by atoms with E-state index in [1.54, 1.807) is 0 Å². The molecule has 1 aromatic carbocycles.